The summed E-state index contributed by atoms with van der Waals surface area (Å²) in [4.78, 5) is 4.28. The minimum absolute atomic E-state index is 0.360. The van der Waals surface area contributed by atoms with Crippen molar-refractivity contribution in [2.75, 3.05) is 5.32 Å². The van der Waals surface area contributed by atoms with Crippen LogP contribution in [0.4, 0.5) is 5.69 Å². The first-order valence-electron chi connectivity index (χ1n) is 7.26. The van der Waals surface area contributed by atoms with Crippen LogP contribution in [0.15, 0.2) is 54.9 Å². The molecule has 0 radical (unpaired) electrons. The van der Waals surface area contributed by atoms with E-state index in [1.807, 2.05) is 18.5 Å². The van der Waals surface area contributed by atoms with Gasteiger partial charge in [0.05, 0.1) is 6.04 Å². The number of hydrogen-bond acceptors (Lipinski definition) is 2. The number of hydrogen-bond donors (Lipinski definition) is 1. The second-order valence-electron chi connectivity index (χ2n) is 5.85. The maximum absolute atomic E-state index is 4.28. The highest BCUT2D eigenvalue weighted by Gasteiger charge is 2.37. The number of fused-ring (bicyclic) bond motifs is 3. The van der Waals surface area contributed by atoms with Gasteiger partial charge in [0.15, 0.2) is 0 Å². The molecule has 1 N–H and O–H groups in total. The van der Waals surface area contributed by atoms with E-state index in [4.69, 9.17) is 0 Å². The van der Waals surface area contributed by atoms with Crippen LogP contribution >= 0.6 is 0 Å². The second kappa shape index (κ2) is 4.48. The molecule has 2 aromatic rings. The molecule has 1 aromatic carbocycles. The van der Waals surface area contributed by atoms with Crippen molar-refractivity contribution in [3.05, 3.63) is 71.6 Å². The molecule has 1 aliphatic carbocycles. The quantitative estimate of drug-likeness (QED) is 0.778. The summed E-state index contributed by atoms with van der Waals surface area (Å²) in [6, 6.07) is 11.3. The van der Waals surface area contributed by atoms with E-state index >= 15 is 0 Å². The SMILES string of the molecule is Cc1ccc2c(c1)[C@H]1C=CC[C@H]1[C@@H](c1cccnc1)N2. The van der Waals surface area contributed by atoms with Crippen molar-refractivity contribution in [1.29, 1.82) is 0 Å². The molecule has 1 aromatic heterocycles. The van der Waals surface area contributed by atoms with Crippen LogP contribution in [0.25, 0.3) is 0 Å². The average Bonchev–Trinajstić information content (AvgIpc) is 2.97. The molecule has 0 saturated carbocycles. The van der Waals surface area contributed by atoms with Gasteiger partial charge in [-0.15, -0.1) is 0 Å². The van der Waals surface area contributed by atoms with Gasteiger partial charge < -0.3 is 5.32 Å². The summed E-state index contributed by atoms with van der Waals surface area (Å²) in [5.74, 6) is 1.14. The lowest BCUT2D eigenvalue weighted by atomic mass is 9.77. The van der Waals surface area contributed by atoms with Crippen LogP contribution in [0.2, 0.25) is 0 Å². The van der Waals surface area contributed by atoms with Crippen LogP contribution in [0.5, 0.6) is 0 Å². The molecule has 20 heavy (non-hydrogen) atoms. The summed E-state index contributed by atoms with van der Waals surface area (Å²) in [6.07, 6.45) is 9.69. The lowest BCUT2D eigenvalue weighted by Gasteiger charge is -2.37. The Labute approximate surface area is 119 Å². The molecule has 0 amide bonds. The largest absolute Gasteiger partial charge is 0.378 e. The van der Waals surface area contributed by atoms with Gasteiger partial charge in [-0.1, -0.05) is 35.9 Å². The number of aromatic nitrogens is 1. The predicted molar refractivity (Wildman–Crippen MR) is 81.8 cm³/mol. The summed E-state index contributed by atoms with van der Waals surface area (Å²) in [7, 11) is 0. The van der Waals surface area contributed by atoms with E-state index in [1.165, 1.54) is 22.4 Å². The van der Waals surface area contributed by atoms with Gasteiger partial charge in [-0.2, -0.15) is 0 Å². The van der Waals surface area contributed by atoms with Gasteiger partial charge in [-0.05, 0) is 42.5 Å². The van der Waals surface area contributed by atoms with E-state index in [9.17, 15) is 0 Å². The Morgan fingerprint density at radius 2 is 2.20 bits per heavy atom. The summed E-state index contributed by atoms with van der Waals surface area (Å²) in [5.41, 5.74) is 5.35. The van der Waals surface area contributed by atoms with Crippen LogP contribution in [-0.4, -0.2) is 4.98 Å². The zero-order valence-corrected chi connectivity index (χ0v) is 11.6. The Morgan fingerprint density at radius 3 is 3.05 bits per heavy atom. The van der Waals surface area contributed by atoms with E-state index < -0.39 is 0 Å². The monoisotopic (exact) mass is 262 g/mol. The van der Waals surface area contributed by atoms with Crippen molar-refractivity contribution < 1.29 is 0 Å². The average molecular weight is 262 g/mol. The molecule has 0 unspecified atom stereocenters. The number of aryl methyl sites for hydroxylation is 1. The van der Waals surface area contributed by atoms with Gasteiger partial charge in [0.2, 0.25) is 0 Å². The number of nitrogens with one attached hydrogen (secondary N) is 1. The number of anilines is 1. The van der Waals surface area contributed by atoms with Crippen LogP contribution < -0.4 is 5.32 Å². The van der Waals surface area contributed by atoms with Gasteiger partial charge in [0.25, 0.3) is 0 Å². The molecule has 2 nitrogen and oxygen atoms in total. The second-order valence-corrected chi connectivity index (χ2v) is 5.85. The fraction of sp³-hybridized carbons (Fsp3) is 0.278. The van der Waals surface area contributed by atoms with Crippen LogP contribution in [-0.2, 0) is 0 Å². The standard InChI is InChI=1S/C18H18N2/c1-12-7-8-17-16(10-12)14-5-2-6-15(14)18(20-17)13-4-3-9-19-11-13/h2-5,7-11,14-15,18,20H,6H2,1H3/t14-,15+,18+/m0/s1. The first kappa shape index (κ1) is 11.7. The molecule has 2 aliphatic rings. The lowest BCUT2D eigenvalue weighted by Crippen LogP contribution is -2.29. The third kappa shape index (κ3) is 1.75. The molecular weight excluding hydrogens is 244 g/mol. The first-order valence-corrected chi connectivity index (χ1v) is 7.26. The lowest BCUT2D eigenvalue weighted by molar-refractivity contribution is 0.425. The number of allylic oxidation sites excluding steroid dienone is 2. The highest BCUT2D eigenvalue weighted by atomic mass is 15.0. The van der Waals surface area contributed by atoms with Crippen molar-refractivity contribution >= 4 is 5.69 Å². The Kier molecular flexibility index (Phi) is 2.62. The minimum Gasteiger partial charge on any atom is -0.378 e. The van der Waals surface area contributed by atoms with Crippen molar-refractivity contribution in [3.63, 3.8) is 0 Å². The first-order chi connectivity index (χ1) is 9.83. The van der Waals surface area contributed by atoms with E-state index in [1.54, 1.807) is 0 Å². The Morgan fingerprint density at radius 1 is 1.25 bits per heavy atom. The highest BCUT2D eigenvalue weighted by Crippen LogP contribution is 2.49. The fourth-order valence-electron chi connectivity index (χ4n) is 3.60. The van der Waals surface area contributed by atoms with E-state index in [0.29, 0.717) is 17.9 Å². The van der Waals surface area contributed by atoms with E-state index in [0.717, 1.165) is 6.42 Å². The van der Waals surface area contributed by atoms with Gasteiger partial charge in [0, 0.05) is 24.0 Å². The number of benzene rings is 1. The van der Waals surface area contributed by atoms with Crippen LogP contribution in [0.1, 0.15) is 35.1 Å². The maximum Gasteiger partial charge on any atom is 0.0569 e. The maximum atomic E-state index is 4.28. The van der Waals surface area contributed by atoms with E-state index in [2.05, 4.69) is 53.6 Å². The van der Waals surface area contributed by atoms with Crippen molar-refractivity contribution in [2.45, 2.75) is 25.3 Å². The molecule has 0 bridgehead atoms. The third-order valence-corrected chi connectivity index (χ3v) is 4.56. The summed E-state index contributed by atoms with van der Waals surface area (Å²) in [6.45, 7) is 2.17. The van der Waals surface area contributed by atoms with Crippen LogP contribution in [0, 0.1) is 12.8 Å². The Balaban J connectivity index is 1.80. The molecular formula is C18H18N2. The Hall–Kier alpha value is -2.09. The van der Waals surface area contributed by atoms with E-state index in [-0.39, 0.29) is 0 Å². The molecule has 100 valence electrons. The molecule has 3 atom stereocenters. The van der Waals surface area contributed by atoms with Crippen molar-refractivity contribution in [1.82, 2.24) is 4.98 Å². The zero-order chi connectivity index (χ0) is 13.5. The zero-order valence-electron chi connectivity index (χ0n) is 11.6. The predicted octanol–water partition coefficient (Wildman–Crippen LogP) is 4.22. The van der Waals surface area contributed by atoms with Crippen molar-refractivity contribution in [2.24, 2.45) is 5.92 Å². The highest BCUT2D eigenvalue weighted by molar-refractivity contribution is 5.60. The molecule has 0 spiro atoms. The minimum atomic E-state index is 0.360. The molecule has 0 saturated heterocycles. The number of nitrogens with zero attached hydrogens (tertiary/aromatic N) is 1. The van der Waals surface area contributed by atoms with Gasteiger partial charge in [-0.25, -0.2) is 0 Å². The number of rotatable bonds is 1. The summed E-state index contributed by atoms with van der Waals surface area (Å²) < 4.78 is 0. The normalized spacial score (nSPS) is 26.8. The van der Waals surface area contributed by atoms with Gasteiger partial charge >= 0.3 is 0 Å². The molecule has 2 heteroatoms. The topological polar surface area (TPSA) is 24.9 Å². The molecule has 0 fully saturated rings. The molecule has 2 heterocycles. The van der Waals surface area contributed by atoms with Crippen molar-refractivity contribution in [3.8, 4) is 0 Å². The summed E-state index contributed by atoms with van der Waals surface area (Å²) in [5, 5.41) is 3.73. The molecule has 4 rings (SSSR count). The fourth-order valence-corrected chi connectivity index (χ4v) is 3.60. The number of pyridine rings is 1. The van der Waals surface area contributed by atoms with Crippen LogP contribution in [0.3, 0.4) is 0 Å². The van der Waals surface area contributed by atoms with Gasteiger partial charge in [0.1, 0.15) is 0 Å². The summed E-state index contributed by atoms with van der Waals surface area (Å²) >= 11 is 0. The smallest absolute Gasteiger partial charge is 0.0569 e. The molecule has 1 aliphatic heterocycles. The Bertz CT molecular complexity index is 660. The van der Waals surface area contributed by atoms with Gasteiger partial charge in [-0.3, -0.25) is 4.98 Å². The third-order valence-electron chi connectivity index (χ3n) is 4.56.